The van der Waals surface area contributed by atoms with Crippen LogP contribution in [0, 0.1) is 0 Å². The fraction of sp³-hybridized carbons (Fsp3) is 0.125. The van der Waals surface area contributed by atoms with Crippen LogP contribution in [0.2, 0.25) is 0 Å². The summed E-state index contributed by atoms with van der Waals surface area (Å²) >= 11 is 0. The summed E-state index contributed by atoms with van der Waals surface area (Å²) in [7, 11) is 0. The molecule has 0 unspecified atom stereocenters. The van der Waals surface area contributed by atoms with Gasteiger partial charge in [0.1, 0.15) is 11.5 Å². The first kappa shape index (κ1) is 37.5. The summed E-state index contributed by atoms with van der Waals surface area (Å²) in [6.45, 7) is 1.59. The largest absolute Gasteiger partial charge is 0.506 e. The average molecular weight is 765 g/mol. The summed E-state index contributed by atoms with van der Waals surface area (Å²) in [5.74, 6) is 1.61. The van der Waals surface area contributed by atoms with Gasteiger partial charge in [0.2, 0.25) is 0 Å². The Bertz CT molecular complexity index is 2530. The van der Waals surface area contributed by atoms with E-state index >= 15 is 0 Å². The SMILES string of the molecule is Oc1ccc2cc(Nc3ccccc3)ccc2c1N=Nc1cccc[n+]1CCCCCC[n+]1ccccc1/N=N\c1c(O)ccc2cc(Nc3ccccc3)ccc12. The van der Waals surface area contributed by atoms with Crippen LogP contribution in [0.15, 0.2) is 191 Å². The lowest BCUT2D eigenvalue weighted by molar-refractivity contribution is -0.686. The van der Waals surface area contributed by atoms with Gasteiger partial charge in [-0.2, -0.15) is 0 Å². The molecule has 0 aliphatic rings. The number of aromatic hydroxyl groups is 2. The minimum atomic E-state index is 0.0844. The van der Waals surface area contributed by atoms with E-state index in [1.165, 1.54) is 0 Å². The first-order valence-electron chi connectivity index (χ1n) is 19.5. The fourth-order valence-electron chi connectivity index (χ4n) is 6.96. The Kier molecular flexibility index (Phi) is 11.6. The number of rotatable bonds is 15. The number of nitrogens with one attached hydrogen (secondary N) is 2. The van der Waals surface area contributed by atoms with Gasteiger partial charge in [-0.05, 0) is 132 Å². The normalized spacial score (nSPS) is 11.5. The second kappa shape index (κ2) is 18.0. The van der Waals surface area contributed by atoms with E-state index in [-0.39, 0.29) is 11.5 Å². The number of fused-ring (bicyclic) bond motifs is 2. The highest BCUT2D eigenvalue weighted by Gasteiger charge is 2.15. The molecule has 6 aromatic carbocycles. The number of para-hydroxylation sites is 2. The summed E-state index contributed by atoms with van der Waals surface area (Å²) in [5.41, 5.74) is 4.79. The Morgan fingerprint density at radius 2 is 0.828 bits per heavy atom. The van der Waals surface area contributed by atoms with Crippen molar-refractivity contribution in [1.29, 1.82) is 0 Å². The minimum Gasteiger partial charge on any atom is -0.506 e. The van der Waals surface area contributed by atoms with Crippen LogP contribution in [0.25, 0.3) is 21.5 Å². The summed E-state index contributed by atoms with van der Waals surface area (Å²) in [5, 5.41) is 50.2. The van der Waals surface area contributed by atoms with Crippen LogP contribution in [0.3, 0.4) is 0 Å². The molecule has 0 aliphatic heterocycles. The van der Waals surface area contributed by atoms with Crippen LogP contribution in [0.1, 0.15) is 25.7 Å². The third-order valence-corrected chi connectivity index (χ3v) is 9.95. The van der Waals surface area contributed by atoms with Gasteiger partial charge in [-0.15, -0.1) is 0 Å². The zero-order valence-electron chi connectivity index (χ0n) is 32.0. The lowest BCUT2D eigenvalue weighted by Gasteiger charge is -2.09. The quantitative estimate of drug-likeness (QED) is 0.0471. The zero-order valence-corrected chi connectivity index (χ0v) is 32.0. The van der Waals surface area contributed by atoms with Gasteiger partial charge >= 0.3 is 11.6 Å². The topological polar surface area (TPSA) is 122 Å². The van der Waals surface area contributed by atoms with Crippen molar-refractivity contribution in [1.82, 2.24) is 0 Å². The van der Waals surface area contributed by atoms with Gasteiger partial charge in [0.25, 0.3) is 0 Å². The van der Waals surface area contributed by atoms with Gasteiger partial charge in [0.15, 0.2) is 11.4 Å². The van der Waals surface area contributed by atoms with Crippen molar-refractivity contribution in [3.8, 4) is 11.5 Å². The molecule has 10 heteroatoms. The van der Waals surface area contributed by atoms with Crippen molar-refractivity contribution in [2.24, 2.45) is 20.5 Å². The molecule has 0 bridgehead atoms. The molecule has 0 atom stereocenters. The van der Waals surface area contributed by atoms with E-state index in [2.05, 4.69) is 40.2 Å². The molecule has 2 aromatic heterocycles. The van der Waals surface area contributed by atoms with Gasteiger partial charge in [-0.1, -0.05) is 60.7 Å². The summed E-state index contributed by atoms with van der Waals surface area (Å²) in [6, 6.07) is 50.9. The van der Waals surface area contributed by atoms with E-state index in [0.717, 1.165) is 94.7 Å². The number of aryl methyl sites for hydroxylation is 2. The number of unbranched alkanes of at least 4 members (excludes halogenated alkanes) is 3. The lowest BCUT2D eigenvalue weighted by Crippen LogP contribution is -2.34. The lowest BCUT2D eigenvalue weighted by atomic mass is 10.1. The van der Waals surface area contributed by atoms with Crippen LogP contribution < -0.4 is 19.8 Å². The Balaban J connectivity index is 0.866. The van der Waals surface area contributed by atoms with Crippen molar-refractivity contribution in [3.05, 3.63) is 170 Å². The Morgan fingerprint density at radius 3 is 1.28 bits per heavy atom. The van der Waals surface area contributed by atoms with Crippen molar-refractivity contribution < 1.29 is 19.3 Å². The monoisotopic (exact) mass is 764 g/mol. The molecule has 2 heterocycles. The molecular formula is C48H44N8O2+2. The Morgan fingerprint density at radius 1 is 0.397 bits per heavy atom. The van der Waals surface area contributed by atoms with Crippen LogP contribution in [0.4, 0.5) is 45.8 Å². The van der Waals surface area contributed by atoms with E-state index in [1.54, 1.807) is 12.1 Å². The molecule has 0 amide bonds. The molecule has 0 radical (unpaired) electrons. The average Bonchev–Trinajstić information content (AvgIpc) is 3.26. The molecular weight excluding hydrogens is 721 g/mol. The second-order valence-corrected chi connectivity index (χ2v) is 14.0. The molecule has 10 nitrogen and oxygen atoms in total. The summed E-state index contributed by atoms with van der Waals surface area (Å²) < 4.78 is 4.20. The number of aromatic nitrogens is 2. The van der Waals surface area contributed by atoms with Gasteiger partial charge in [-0.3, -0.25) is 0 Å². The van der Waals surface area contributed by atoms with Crippen molar-refractivity contribution in [3.63, 3.8) is 0 Å². The standard InChI is InChI=1S/C48H42N8O2/c57-43-27-21-35-33-39(49-37-15-5-3-6-16-37)23-25-41(35)47(43)53-51-45-19-9-13-31-55(45)29-11-1-2-12-30-56-32-14-10-20-46(56)52-54-48-42-26-24-40(34-36(42)22-28-44(48)58)50-38-17-7-4-8-18-38/h3-10,13-28,31-34H,1-2,11-12,29-30H2,(H2,49,50,53,54)/p+2. The highest BCUT2D eigenvalue weighted by molar-refractivity contribution is 5.98. The van der Waals surface area contributed by atoms with Gasteiger partial charge in [0, 0.05) is 45.7 Å². The maximum absolute atomic E-state index is 10.8. The first-order chi connectivity index (χ1) is 28.6. The number of hydrogen-bond donors (Lipinski definition) is 4. The van der Waals surface area contributed by atoms with Crippen molar-refractivity contribution in [2.75, 3.05) is 10.6 Å². The second-order valence-electron chi connectivity index (χ2n) is 14.0. The Labute approximate surface area is 337 Å². The summed E-state index contributed by atoms with van der Waals surface area (Å²) in [4.78, 5) is 0. The number of nitrogens with zero attached hydrogens (tertiary/aromatic N) is 6. The number of phenolic OH excluding ortho intramolecular Hbond substituents is 2. The third-order valence-electron chi connectivity index (χ3n) is 9.95. The van der Waals surface area contributed by atoms with E-state index in [9.17, 15) is 10.2 Å². The predicted molar refractivity (Wildman–Crippen MR) is 231 cm³/mol. The molecule has 286 valence electrons. The van der Waals surface area contributed by atoms with E-state index in [0.29, 0.717) is 11.4 Å². The maximum Gasteiger partial charge on any atom is 0.350 e. The van der Waals surface area contributed by atoms with Gasteiger partial charge in [0.05, 0.1) is 35.7 Å². The number of azo groups is 2. The third kappa shape index (κ3) is 9.14. The number of anilines is 4. The molecule has 58 heavy (non-hydrogen) atoms. The highest BCUT2D eigenvalue weighted by Crippen LogP contribution is 2.39. The number of pyridine rings is 2. The van der Waals surface area contributed by atoms with E-state index < -0.39 is 0 Å². The predicted octanol–water partition coefficient (Wildman–Crippen LogP) is 12.6. The summed E-state index contributed by atoms with van der Waals surface area (Å²) in [6.07, 6.45) is 8.06. The smallest absolute Gasteiger partial charge is 0.350 e. The molecule has 8 rings (SSSR count). The number of hydrogen-bond acceptors (Lipinski definition) is 8. The fourth-order valence-corrected chi connectivity index (χ4v) is 6.96. The van der Waals surface area contributed by atoms with Crippen molar-refractivity contribution in [2.45, 2.75) is 38.8 Å². The molecule has 0 saturated carbocycles. The first-order valence-corrected chi connectivity index (χ1v) is 19.5. The zero-order chi connectivity index (χ0) is 39.5. The molecule has 0 spiro atoms. The molecule has 0 saturated heterocycles. The van der Waals surface area contributed by atoms with Crippen LogP contribution >= 0.6 is 0 Å². The van der Waals surface area contributed by atoms with E-state index in [4.69, 9.17) is 0 Å². The van der Waals surface area contributed by atoms with Gasteiger partial charge < -0.3 is 20.8 Å². The van der Waals surface area contributed by atoms with E-state index in [1.807, 2.05) is 158 Å². The molecule has 0 fully saturated rings. The minimum absolute atomic E-state index is 0.0844. The molecule has 8 aromatic rings. The molecule has 0 aliphatic carbocycles. The Hall–Kier alpha value is -7.46. The van der Waals surface area contributed by atoms with Crippen LogP contribution in [0.5, 0.6) is 11.5 Å². The number of benzene rings is 6. The highest BCUT2D eigenvalue weighted by atomic mass is 16.3. The van der Waals surface area contributed by atoms with Crippen molar-refractivity contribution >= 4 is 67.3 Å². The van der Waals surface area contributed by atoms with Crippen LogP contribution in [-0.4, -0.2) is 10.2 Å². The van der Waals surface area contributed by atoms with Crippen LogP contribution in [-0.2, 0) is 13.1 Å². The van der Waals surface area contributed by atoms with Gasteiger partial charge in [-0.25, -0.2) is 9.13 Å². The maximum atomic E-state index is 10.8. The molecule has 4 N–H and O–H groups in total. The number of phenols is 2.